The molecule has 0 spiro atoms. The van der Waals surface area contributed by atoms with Gasteiger partial charge in [-0.25, -0.2) is 4.98 Å². The van der Waals surface area contributed by atoms with Crippen LogP contribution in [0.3, 0.4) is 0 Å². The van der Waals surface area contributed by atoms with E-state index < -0.39 is 0 Å². The molecule has 0 radical (unpaired) electrons. The number of rotatable bonds is 7. The number of carbonyl (C=O) groups is 1. The molecule has 1 aromatic heterocycles. The third-order valence-corrected chi connectivity index (χ3v) is 4.40. The molecule has 6 heteroatoms. The molecule has 25 heavy (non-hydrogen) atoms. The molecule has 128 valence electrons. The standard InChI is InChI=1S/C19H18N2O3S/c1-23-17-9-7-14(8-10-17)19-21-16(11-24-19)12-25-13-18(22)20-15-5-3-2-4-6-15/h2-11H,12-13H2,1H3,(H,20,22). The van der Waals surface area contributed by atoms with Crippen molar-refractivity contribution < 1.29 is 13.9 Å². The number of aromatic nitrogens is 1. The Balaban J connectivity index is 1.49. The highest BCUT2D eigenvalue weighted by atomic mass is 32.2. The van der Waals surface area contributed by atoms with Crippen LogP contribution in [-0.2, 0) is 10.5 Å². The lowest BCUT2D eigenvalue weighted by Gasteiger charge is -2.03. The summed E-state index contributed by atoms with van der Waals surface area (Å²) >= 11 is 1.49. The van der Waals surface area contributed by atoms with Crippen molar-refractivity contribution in [2.24, 2.45) is 0 Å². The number of oxazole rings is 1. The lowest BCUT2D eigenvalue weighted by Crippen LogP contribution is -2.13. The second kappa shape index (κ2) is 8.39. The van der Waals surface area contributed by atoms with Crippen molar-refractivity contribution in [3.8, 4) is 17.2 Å². The van der Waals surface area contributed by atoms with Gasteiger partial charge < -0.3 is 14.5 Å². The Kier molecular flexibility index (Phi) is 5.74. The number of ether oxygens (including phenoxy) is 1. The maximum absolute atomic E-state index is 11.9. The Morgan fingerprint density at radius 2 is 1.92 bits per heavy atom. The molecule has 1 heterocycles. The summed E-state index contributed by atoms with van der Waals surface area (Å²) in [6.07, 6.45) is 1.63. The first kappa shape index (κ1) is 17.1. The number of nitrogens with one attached hydrogen (secondary N) is 1. The van der Waals surface area contributed by atoms with Crippen LogP contribution in [0.1, 0.15) is 5.69 Å². The van der Waals surface area contributed by atoms with Gasteiger partial charge in [-0.15, -0.1) is 11.8 Å². The second-order valence-corrected chi connectivity index (χ2v) is 6.27. The summed E-state index contributed by atoms with van der Waals surface area (Å²) in [5.41, 5.74) is 2.50. The van der Waals surface area contributed by atoms with Crippen LogP contribution in [-0.4, -0.2) is 23.8 Å². The molecular weight excluding hydrogens is 336 g/mol. The molecule has 0 bridgehead atoms. The number of amides is 1. The molecule has 3 rings (SSSR count). The highest BCUT2D eigenvalue weighted by Crippen LogP contribution is 2.23. The number of benzene rings is 2. The van der Waals surface area contributed by atoms with E-state index in [1.165, 1.54) is 11.8 Å². The number of carbonyl (C=O) groups excluding carboxylic acids is 1. The number of hydrogen-bond donors (Lipinski definition) is 1. The quantitative estimate of drug-likeness (QED) is 0.688. The minimum Gasteiger partial charge on any atom is -0.497 e. The van der Waals surface area contributed by atoms with E-state index >= 15 is 0 Å². The van der Waals surface area contributed by atoms with Crippen LogP contribution in [0.2, 0.25) is 0 Å². The maximum atomic E-state index is 11.9. The molecule has 0 aliphatic rings. The first-order valence-corrected chi connectivity index (χ1v) is 8.91. The number of methoxy groups -OCH3 is 1. The van der Waals surface area contributed by atoms with Gasteiger partial charge in [0.05, 0.1) is 18.6 Å². The van der Waals surface area contributed by atoms with Crippen molar-refractivity contribution in [3.63, 3.8) is 0 Å². The summed E-state index contributed by atoms with van der Waals surface area (Å²) in [5.74, 6) is 2.29. The Labute approximate surface area is 150 Å². The van der Waals surface area contributed by atoms with Gasteiger partial charge in [-0.05, 0) is 36.4 Å². The third-order valence-electron chi connectivity index (χ3n) is 3.43. The van der Waals surface area contributed by atoms with Gasteiger partial charge in [0.1, 0.15) is 12.0 Å². The number of thioether (sulfide) groups is 1. The Bertz CT molecular complexity index is 816. The monoisotopic (exact) mass is 354 g/mol. The molecule has 0 aliphatic heterocycles. The average molecular weight is 354 g/mol. The van der Waals surface area contributed by atoms with Gasteiger partial charge in [-0.2, -0.15) is 0 Å². The van der Waals surface area contributed by atoms with Crippen LogP contribution in [0, 0.1) is 0 Å². The topological polar surface area (TPSA) is 64.4 Å². The predicted octanol–water partition coefficient (Wildman–Crippen LogP) is 4.22. The summed E-state index contributed by atoms with van der Waals surface area (Å²) in [4.78, 5) is 16.4. The summed E-state index contributed by atoms with van der Waals surface area (Å²) in [6, 6.07) is 16.9. The van der Waals surface area contributed by atoms with E-state index in [4.69, 9.17) is 9.15 Å². The lowest BCUT2D eigenvalue weighted by molar-refractivity contribution is -0.113. The fourth-order valence-electron chi connectivity index (χ4n) is 2.21. The summed E-state index contributed by atoms with van der Waals surface area (Å²) in [6.45, 7) is 0. The van der Waals surface area contributed by atoms with Gasteiger partial charge in [0.2, 0.25) is 11.8 Å². The molecule has 0 saturated heterocycles. The molecule has 0 aliphatic carbocycles. The molecule has 0 fully saturated rings. The molecule has 0 saturated carbocycles. The first-order valence-electron chi connectivity index (χ1n) is 7.76. The van der Waals surface area contributed by atoms with Gasteiger partial charge in [-0.3, -0.25) is 4.79 Å². The molecule has 2 aromatic carbocycles. The maximum Gasteiger partial charge on any atom is 0.234 e. The minimum absolute atomic E-state index is 0.0323. The van der Waals surface area contributed by atoms with Crippen molar-refractivity contribution in [2.45, 2.75) is 5.75 Å². The lowest BCUT2D eigenvalue weighted by atomic mass is 10.2. The highest BCUT2D eigenvalue weighted by Gasteiger charge is 2.08. The molecular formula is C19H18N2O3S. The van der Waals surface area contributed by atoms with Crippen LogP contribution in [0.5, 0.6) is 5.75 Å². The summed E-state index contributed by atoms with van der Waals surface area (Å²) in [7, 11) is 1.63. The minimum atomic E-state index is -0.0323. The SMILES string of the molecule is COc1ccc(-c2nc(CSCC(=O)Nc3ccccc3)co2)cc1. The number of para-hydroxylation sites is 1. The Hall–Kier alpha value is -2.73. The van der Waals surface area contributed by atoms with Gasteiger partial charge in [0, 0.05) is 17.0 Å². The van der Waals surface area contributed by atoms with E-state index in [1.54, 1.807) is 13.4 Å². The zero-order valence-electron chi connectivity index (χ0n) is 13.8. The van der Waals surface area contributed by atoms with Gasteiger partial charge in [-0.1, -0.05) is 18.2 Å². The van der Waals surface area contributed by atoms with E-state index in [0.29, 0.717) is 17.4 Å². The van der Waals surface area contributed by atoms with E-state index in [2.05, 4.69) is 10.3 Å². The van der Waals surface area contributed by atoms with Crippen LogP contribution < -0.4 is 10.1 Å². The number of hydrogen-bond acceptors (Lipinski definition) is 5. The van der Waals surface area contributed by atoms with Crippen LogP contribution in [0.4, 0.5) is 5.69 Å². The van der Waals surface area contributed by atoms with Crippen molar-refractivity contribution in [1.82, 2.24) is 4.98 Å². The molecule has 0 unspecified atom stereocenters. The molecule has 0 atom stereocenters. The Morgan fingerprint density at radius 3 is 2.64 bits per heavy atom. The molecule has 5 nitrogen and oxygen atoms in total. The zero-order chi connectivity index (χ0) is 17.5. The predicted molar refractivity (Wildman–Crippen MR) is 99.7 cm³/mol. The van der Waals surface area contributed by atoms with Gasteiger partial charge >= 0.3 is 0 Å². The fraction of sp³-hybridized carbons (Fsp3) is 0.158. The fourth-order valence-corrected chi connectivity index (χ4v) is 2.91. The largest absolute Gasteiger partial charge is 0.497 e. The first-order chi connectivity index (χ1) is 12.2. The normalized spacial score (nSPS) is 10.4. The second-order valence-electron chi connectivity index (χ2n) is 5.28. The highest BCUT2D eigenvalue weighted by molar-refractivity contribution is 7.99. The summed E-state index contributed by atoms with van der Waals surface area (Å²) in [5, 5.41) is 2.85. The summed E-state index contributed by atoms with van der Waals surface area (Å²) < 4.78 is 10.6. The van der Waals surface area contributed by atoms with E-state index in [0.717, 1.165) is 22.7 Å². The van der Waals surface area contributed by atoms with Crippen molar-refractivity contribution in [2.75, 3.05) is 18.2 Å². The smallest absolute Gasteiger partial charge is 0.234 e. The van der Waals surface area contributed by atoms with E-state index in [-0.39, 0.29) is 5.91 Å². The Morgan fingerprint density at radius 1 is 1.16 bits per heavy atom. The van der Waals surface area contributed by atoms with Gasteiger partial charge in [0.15, 0.2) is 0 Å². The van der Waals surface area contributed by atoms with Crippen LogP contribution >= 0.6 is 11.8 Å². The molecule has 1 amide bonds. The van der Waals surface area contributed by atoms with Gasteiger partial charge in [0.25, 0.3) is 0 Å². The van der Waals surface area contributed by atoms with Crippen LogP contribution in [0.25, 0.3) is 11.5 Å². The van der Waals surface area contributed by atoms with Crippen LogP contribution in [0.15, 0.2) is 65.3 Å². The van der Waals surface area contributed by atoms with Crippen molar-refractivity contribution in [1.29, 1.82) is 0 Å². The van der Waals surface area contributed by atoms with Crippen molar-refractivity contribution >= 4 is 23.4 Å². The number of anilines is 1. The number of nitrogens with zero attached hydrogens (tertiary/aromatic N) is 1. The van der Waals surface area contributed by atoms with E-state index in [9.17, 15) is 4.79 Å². The van der Waals surface area contributed by atoms with E-state index in [1.807, 2.05) is 54.6 Å². The van der Waals surface area contributed by atoms with Crippen molar-refractivity contribution in [3.05, 3.63) is 66.6 Å². The molecule has 1 N–H and O–H groups in total. The molecule has 3 aromatic rings. The zero-order valence-corrected chi connectivity index (χ0v) is 14.6. The third kappa shape index (κ3) is 4.87. The average Bonchev–Trinajstić information content (AvgIpc) is 3.11.